The Morgan fingerprint density at radius 3 is 1.53 bits per heavy atom. The van der Waals surface area contributed by atoms with E-state index >= 15 is 0 Å². The van der Waals surface area contributed by atoms with E-state index in [1.807, 2.05) is 36.4 Å². The highest BCUT2D eigenvalue weighted by Crippen LogP contribution is 2.24. The van der Waals surface area contributed by atoms with Crippen LogP contribution < -0.4 is 0 Å². The van der Waals surface area contributed by atoms with E-state index in [1.54, 1.807) is 24.3 Å². The zero-order valence-electron chi connectivity index (χ0n) is 17.0. The van der Waals surface area contributed by atoms with E-state index in [2.05, 4.69) is 36.1 Å². The van der Waals surface area contributed by atoms with E-state index in [0.717, 1.165) is 13.1 Å². The van der Waals surface area contributed by atoms with Crippen LogP contribution in [-0.4, -0.2) is 34.2 Å². The van der Waals surface area contributed by atoms with E-state index in [1.165, 1.54) is 16.0 Å². The van der Waals surface area contributed by atoms with Crippen molar-refractivity contribution in [2.45, 2.75) is 26.1 Å². The van der Waals surface area contributed by atoms with E-state index in [4.69, 9.17) is 0 Å². The Hall–Kier alpha value is -2.89. The third-order valence-electron chi connectivity index (χ3n) is 5.41. The lowest BCUT2D eigenvalue weighted by Gasteiger charge is -2.31. The Balaban J connectivity index is 0.00000256. The lowest BCUT2D eigenvalue weighted by Crippen LogP contribution is -2.43. The van der Waals surface area contributed by atoms with Crippen LogP contribution >= 0.6 is 13.5 Å². The third-order valence-corrected chi connectivity index (χ3v) is 5.41. The van der Waals surface area contributed by atoms with Crippen LogP contribution in [0, 0.1) is 0 Å². The van der Waals surface area contributed by atoms with E-state index < -0.39 is 0 Å². The van der Waals surface area contributed by atoms with Gasteiger partial charge in [-0.1, -0.05) is 72.8 Å². The molecule has 3 aromatic rings. The predicted molar refractivity (Wildman–Crippen MR) is 124 cm³/mol. The van der Waals surface area contributed by atoms with Gasteiger partial charge in [0.25, 0.3) is 11.8 Å². The van der Waals surface area contributed by atoms with Crippen molar-refractivity contribution >= 4 is 25.3 Å². The molecule has 1 aliphatic heterocycles. The number of imide groups is 1. The van der Waals surface area contributed by atoms with Gasteiger partial charge in [0, 0.05) is 25.7 Å². The van der Waals surface area contributed by atoms with Crippen LogP contribution in [0.25, 0.3) is 0 Å². The lowest BCUT2D eigenvalue weighted by molar-refractivity contribution is 0.0587. The molecule has 0 saturated heterocycles. The van der Waals surface area contributed by atoms with E-state index in [9.17, 15) is 9.59 Å². The topological polar surface area (TPSA) is 40.6 Å². The second kappa shape index (κ2) is 9.74. The van der Waals surface area contributed by atoms with E-state index in [0.29, 0.717) is 17.7 Å². The largest absolute Gasteiger partial charge is 0.290 e. The summed E-state index contributed by atoms with van der Waals surface area (Å²) in [5.74, 6) is -0.395. The first kappa shape index (κ1) is 21.8. The van der Waals surface area contributed by atoms with Crippen molar-refractivity contribution in [1.29, 1.82) is 0 Å². The standard InChI is InChI=1S/C25H24N2O2.H2S/c1-19(16-27-24(28)22-14-8-9-15-23(22)25(27)29)26(17-20-10-4-2-5-11-20)18-21-12-6-3-7-13-21;/h2-15,19H,16-18H2,1H3;1H2/t19-;/m0./s1. The molecule has 5 heteroatoms. The Morgan fingerprint density at radius 1 is 0.700 bits per heavy atom. The molecule has 0 aliphatic carbocycles. The van der Waals surface area contributed by atoms with Crippen molar-refractivity contribution in [2.24, 2.45) is 0 Å². The summed E-state index contributed by atoms with van der Waals surface area (Å²) in [6.45, 7) is 3.95. The van der Waals surface area contributed by atoms with Crippen molar-refractivity contribution in [3.8, 4) is 0 Å². The normalized spacial score (nSPS) is 13.9. The molecule has 0 spiro atoms. The molecular formula is C25H26N2O2S. The summed E-state index contributed by atoms with van der Waals surface area (Å²) < 4.78 is 0. The Morgan fingerprint density at radius 2 is 1.10 bits per heavy atom. The molecule has 0 bridgehead atoms. The number of nitrogens with zero attached hydrogens (tertiary/aromatic N) is 2. The molecule has 0 N–H and O–H groups in total. The number of hydrogen-bond donors (Lipinski definition) is 0. The van der Waals surface area contributed by atoms with Gasteiger partial charge in [-0.2, -0.15) is 13.5 Å². The molecule has 154 valence electrons. The SMILES string of the molecule is C[C@@H](CN1C(=O)c2ccccc2C1=O)N(Cc1ccccc1)Cc1ccccc1.S. The maximum Gasteiger partial charge on any atom is 0.261 e. The molecule has 4 nitrogen and oxygen atoms in total. The lowest BCUT2D eigenvalue weighted by atomic mass is 10.1. The average molecular weight is 419 g/mol. The van der Waals surface area contributed by atoms with Crippen LogP contribution in [0.4, 0.5) is 0 Å². The van der Waals surface area contributed by atoms with Crippen LogP contribution in [0.5, 0.6) is 0 Å². The Bertz CT molecular complexity index is 931. The molecule has 0 aromatic heterocycles. The van der Waals surface area contributed by atoms with Gasteiger partial charge >= 0.3 is 0 Å². The van der Waals surface area contributed by atoms with Gasteiger partial charge in [0.2, 0.25) is 0 Å². The maximum absolute atomic E-state index is 12.8. The van der Waals surface area contributed by atoms with Crippen molar-refractivity contribution in [3.63, 3.8) is 0 Å². The van der Waals surface area contributed by atoms with Crippen LogP contribution in [-0.2, 0) is 13.1 Å². The molecule has 0 radical (unpaired) electrons. The van der Waals surface area contributed by atoms with Gasteiger partial charge in [0.15, 0.2) is 0 Å². The number of hydrogen-bond acceptors (Lipinski definition) is 3. The van der Waals surface area contributed by atoms with Crippen LogP contribution in [0.3, 0.4) is 0 Å². The zero-order chi connectivity index (χ0) is 20.2. The zero-order valence-corrected chi connectivity index (χ0v) is 18.0. The number of rotatable bonds is 7. The Kier molecular flexibility index (Phi) is 7.08. The molecule has 0 unspecified atom stereocenters. The van der Waals surface area contributed by atoms with Gasteiger partial charge in [-0.3, -0.25) is 19.4 Å². The molecule has 2 amide bonds. The van der Waals surface area contributed by atoms with Crippen LogP contribution in [0.15, 0.2) is 84.9 Å². The van der Waals surface area contributed by atoms with Gasteiger partial charge < -0.3 is 0 Å². The fourth-order valence-corrected chi connectivity index (χ4v) is 3.79. The van der Waals surface area contributed by atoms with Gasteiger partial charge in [-0.05, 0) is 30.2 Å². The second-order valence-corrected chi connectivity index (χ2v) is 7.49. The van der Waals surface area contributed by atoms with E-state index in [-0.39, 0.29) is 31.4 Å². The quantitative estimate of drug-likeness (QED) is 0.531. The fourth-order valence-electron chi connectivity index (χ4n) is 3.79. The summed E-state index contributed by atoms with van der Waals surface area (Å²) in [6, 6.07) is 27.6. The summed E-state index contributed by atoms with van der Waals surface area (Å²) in [6.07, 6.45) is 0. The molecule has 1 atom stereocenters. The third kappa shape index (κ3) is 4.64. The summed E-state index contributed by atoms with van der Waals surface area (Å²) in [7, 11) is 0. The summed E-state index contributed by atoms with van der Waals surface area (Å²) in [5.41, 5.74) is 3.42. The van der Waals surface area contributed by atoms with Crippen LogP contribution in [0.1, 0.15) is 38.8 Å². The van der Waals surface area contributed by atoms with Crippen molar-refractivity contribution in [2.75, 3.05) is 6.54 Å². The molecule has 4 rings (SSSR count). The van der Waals surface area contributed by atoms with Crippen molar-refractivity contribution in [3.05, 3.63) is 107 Å². The highest BCUT2D eigenvalue weighted by atomic mass is 32.1. The second-order valence-electron chi connectivity index (χ2n) is 7.49. The molecule has 1 heterocycles. The minimum Gasteiger partial charge on any atom is -0.290 e. The molecular weight excluding hydrogens is 392 g/mol. The van der Waals surface area contributed by atoms with Gasteiger partial charge in [-0.15, -0.1) is 0 Å². The number of carbonyl (C=O) groups is 2. The van der Waals surface area contributed by atoms with Gasteiger partial charge in [0.05, 0.1) is 11.1 Å². The number of carbonyl (C=O) groups excluding carboxylic acids is 2. The maximum atomic E-state index is 12.8. The van der Waals surface area contributed by atoms with Crippen molar-refractivity contribution < 1.29 is 9.59 Å². The van der Waals surface area contributed by atoms with Gasteiger partial charge in [0.1, 0.15) is 0 Å². The summed E-state index contributed by atoms with van der Waals surface area (Å²) in [4.78, 5) is 29.2. The molecule has 0 fully saturated rings. The first-order chi connectivity index (χ1) is 14.1. The highest BCUT2D eigenvalue weighted by molar-refractivity contribution is 7.59. The Labute approximate surface area is 184 Å². The first-order valence-corrected chi connectivity index (χ1v) is 9.90. The number of benzene rings is 3. The number of fused-ring (bicyclic) bond motifs is 1. The highest BCUT2D eigenvalue weighted by Gasteiger charge is 2.36. The monoisotopic (exact) mass is 418 g/mol. The molecule has 1 aliphatic rings. The predicted octanol–water partition coefficient (Wildman–Crippen LogP) is 4.49. The minimum atomic E-state index is -0.197. The van der Waals surface area contributed by atoms with Crippen LogP contribution in [0.2, 0.25) is 0 Å². The first-order valence-electron chi connectivity index (χ1n) is 9.90. The molecule has 0 saturated carbocycles. The average Bonchev–Trinajstić information content (AvgIpc) is 3.00. The summed E-state index contributed by atoms with van der Waals surface area (Å²) >= 11 is 0. The fraction of sp³-hybridized carbons (Fsp3) is 0.200. The van der Waals surface area contributed by atoms with Crippen molar-refractivity contribution in [1.82, 2.24) is 9.80 Å². The smallest absolute Gasteiger partial charge is 0.261 e. The van der Waals surface area contributed by atoms with Gasteiger partial charge in [-0.25, -0.2) is 0 Å². The summed E-state index contributed by atoms with van der Waals surface area (Å²) in [5, 5.41) is 0. The number of amides is 2. The molecule has 3 aromatic carbocycles. The molecule has 30 heavy (non-hydrogen) atoms. The minimum absolute atomic E-state index is 0.